The molecule has 1 fully saturated rings. The molecule has 2 unspecified atom stereocenters. The molecule has 1 aliphatic rings. The summed E-state index contributed by atoms with van der Waals surface area (Å²) in [4.78, 5) is 7.10. The molecule has 21 heavy (non-hydrogen) atoms. The molecule has 1 aromatic heterocycles. The molecular formula is C17H31N3S. The van der Waals surface area contributed by atoms with Gasteiger partial charge >= 0.3 is 0 Å². The molecule has 120 valence electrons. The zero-order valence-electron chi connectivity index (χ0n) is 13.9. The molecule has 0 bridgehead atoms. The zero-order chi connectivity index (χ0) is 15.3. The van der Waals surface area contributed by atoms with Crippen LogP contribution in [0.25, 0.3) is 0 Å². The summed E-state index contributed by atoms with van der Waals surface area (Å²) in [6.45, 7) is 6.08. The minimum Gasteiger partial charge on any atom is -0.329 e. The number of rotatable bonds is 6. The summed E-state index contributed by atoms with van der Waals surface area (Å²) in [7, 11) is 2.24. The van der Waals surface area contributed by atoms with Gasteiger partial charge in [0.05, 0.1) is 10.7 Å². The summed E-state index contributed by atoms with van der Waals surface area (Å²) in [5.41, 5.74) is 7.60. The number of thiazole rings is 1. The summed E-state index contributed by atoms with van der Waals surface area (Å²) in [6.07, 6.45) is 9.23. The maximum atomic E-state index is 6.23. The van der Waals surface area contributed by atoms with Crippen LogP contribution >= 0.6 is 11.3 Å². The van der Waals surface area contributed by atoms with Crippen LogP contribution in [0.4, 0.5) is 0 Å². The molecule has 0 saturated heterocycles. The predicted octanol–water partition coefficient (Wildman–Crippen LogP) is 3.96. The van der Waals surface area contributed by atoms with Crippen LogP contribution in [0.1, 0.15) is 62.6 Å². The lowest BCUT2D eigenvalue weighted by atomic mass is 9.87. The van der Waals surface area contributed by atoms with E-state index in [1.165, 1.54) is 50.6 Å². The second-order valence-electron chi connectivity index (χ2n) is 6.73. The first-order valence-corrected chi connectivity index (χ1v) is 9.30. The highest BCUT2D eigenvalue weighted by Gasteiger charge is 2.35. The van der Waals surface area contributed by atoms with Gasteiger partial charge < -0.3 is 5.73 Å². The largest absolute Gasteiger partial charge is 0.329 e. The fourth-order valence-corrected chi connectivity index (χ4v) is 4.40. The Bertz CT molecular complexity index is 431. The van der Waals surface area contributed by atoms with Gasteiger partial charge in [-0.15, -0.1) is 11.3 Å². The van der Waals surface area contributed by atoms with E-state index in [1.807, 2.05) is 0 Å². The number of aromatic nitrogens is 1. The van der Waals surface area contributed by atoms with Crippen molar-refractivity contribution in [3.63, 3.8) is 0 Å². The quantitative estimate of drug-likeness (QED) is 0.809. The van der Waals surface area contributed by atoms with Gasteiger partial charge in [-0.05, 0) is 39.2 Å². The molecule has 2 rings (SSSR count). The van der Waals surface area contributed by atoms with Crippen LogP contribution in [0.15, 0.2) is 5.38 Å². The molecule has 0 radical (unpaired) electrons. The van der Waals surface area contributed by atoms with E-state index in [0.717, 1.165) is 24.0 Å². The summed E-state index contributed by atoms with van der Waals surface area (Å²) in [5, 5.41) is 3.34. The van der Waals surface area contributed by atoms with Crippen molar-refractivity contribution in [2.45, 2.75) is 70.9 Å². The number of hydrogen-bond donors (Lipinski definition) is 1. The minimum absolute atomic E-state index is 0.181. The Morgan fingerprint density at radius 3 is 2.86 bits per heavy atom. The molecule has 4 heteroatoms. The van der Waals surface area contributed by atoms with E-state index in [-0.39, 0.29) is 5.54 Å². The van der Waals surface area contributed by atoms with Crippen molar-refractivity contribution in [1.82, 2.24) is 9.88 Å². The molecular weight excluding hydrogens is 278 g/mol. The Balaban J connectivity index is 2.02. The van der Waals surface area contributed by atoms with Gasteiger partial charge in [-0.3, -0.25) is 4.90 Å². The number of nitrogens with two attached hydrogens (primary N) is 1. The Kier molecular flexibility index (Phi) is 6.20. The maximum absolute atomic E-state index is 6.23. The predicted molar refractivity (Wildman–Crippen MR) is 91.6 cm³/mol. The Labute approximate surface area is 133 Å². The molecule has 0 spiro atoms. The Hall–Kier alpha value is -0.450. The molecule has 2 N–H and O–H groups in total. The highest BCUT2D eigenvalue weighted by atomic mass is 32.1. The smallest absolute Gasteiger partial charge is 0.0897 e. The third-order valence-electron chi connectivity index (χ3n) is 5.22. The first kappa shape index (κ1) is 16.9. The van der Waals surface area contributed by atoms with Crippen molar-refractivity contribution in [3.8, 4) is 0 Å². The molecule has 0 aromatic carbocycles. The van der Waals surface area contributed by atoms with Gasteiger partial charge in [0.1, 0.15) is 0 Å². The maximum Gasteiger partial charge on any atom is 0.0897 e. The van der Waals surface area contributed by atoms with Crippen molar-refractivity contribution in [1.29, 1.82) is 0 Å². The molecule has 1 aliphatic carbocycles. The molecule has 2 atom stereocenters. The molecule has 0 aliphatic heterocycles. The van der Waals surface area contributed by atoms with Gasteiger partial charge in [0.15, 0.2) is 0 Å². The van der Waals surface area contributed by atoms with E-state index in [9.17, 15) is 0 Å². The third-order valence-corrected chi connectivity index (χ3v) is 6.05. The number of nitrogens with zero attached hydrogens (tertiary/aromatic N) is 2. The van der Waals surface area contributed by atoms with Crippen molar-refractivity contribution in [2.75, 3.05) is 13.6 Å². The molecule has 1 saturated carbocycles. The van der Waals surface area contributed by atoms with Crippen LogP contribution in [0.2, 0.25) is 0 Å². The van der Waals surface area contributed by atoms with Crippen molar-refractivity contribution < 1.29 is 0 Å². The van der Waals surface area contributed by atoms with Crippen LogP contribution in [-0.4, -0.2) is 29.0 Å². The lowest BCUT2D eigenvalue weighted by Crippen LogP contribution is -2.51. The SMILES string of the molecule is CCCC1CCCC(CN)(N(C)Cc2csc(C)n2)CC1. The van der Waals surface area contributed by atoms with Gasteiger partial charge in [0, 0.05) is 24.0 Å². The Morgan fingerprint density at radius 2 is 2.24 bits per heavy atom. The van der Waals surface area contributed by atoms with Gasteiger partial charge in [-0.25, -0.2) is 4.98 Å². The standard InChI is InChI=1S/C17H31N3S/c1-4-6-15-7-5-9-17(13-18,10-8-15)20(3)11-16-12-21-14(2)19-16/h12,15H,4-11,13,18H2,1-3H3. The highest BCUT2D eigenvalue weighted by molar-refractivity contribution is 7.09. The second-order valence-corrected chi connectivity index (χ2v) is 7.79. The van der Waals surface area contributed by atoms with Crippen LogP contribution in [0.3, 0.4) is 0 Å². The monoisotopic (exact) mass is 309 g/mol. The van der Waals surface area contributed by atoms with Gasteiger partial charge in [-0.1, -0.05) is 32.6 Å². The Morgan fingerprint density at radius 1 is 1.43 bits per heavy atom. The van der Waals surface area contributed by atoms with Crippen LogP contribution in [0.5, 0.6) is 0 Å². The van der Waals surface area contributed by atoms with Crippen molar-refractivity contribution in [2.24, 2.45) is 11.7 Å². The van der Waals surface area contributed by atoms with E-state index in [1.54, 1.807) is 11.3 Å². The molecule has 1 aromatic rings. The van der Waals surface area contributed by atoms with Gasteiger partial charge in [0.2, 0.25) is 0 Å². The molecule has 0 amide bonds. The van der Waals surface area contributed by atoms with Crippen molar-refractivity contribution >= 4 is 11.3 Å². The van der Waals surface area contributed by atoms with Crippen LogP contribution < -0.4 is 5.73 Å². The average Bonchev–Trinajstić information content (AvgIpc) is 2.75. The summed E-state index contributed by atoms with van der Waals surface area (Å²) in [5.74, 6) is 0.915. The van der Waals surface area contributed by atoms with Gasteiger partial charge in [0.25, 0.3) is 0 Å². The summed E-state index contributed by atoms with van der Waals surface area (Å²) in [6, 6.07) is 0. The van der Waals surface area contributed by atoms with Crippen LogP contribution in [-0.2, 0) is 6.54 Å². The van der Waals surface area contributed by atoms with E-state index in [0.29, 0.717) is 0 Å². The van der Waals surface area contributed by atoms with E-state index in [2.05, 4.69) is 36.2 Å². The lowest BCUT2D eigenvalue weighted by molar-refractivity contribution is 0.0971. The minimum atomic E-state index is 0.181. The fourth-order valence-electron chi connectivity index (χ4n) is 3.79. The summed E-state index contributed by atoms with van der Waals surface area (Å²) < 4.78 is 0. The van der Waals surface area contributed by atoms with E-state index >= 15 is 0 Å². The molecule has 1 heterocycles. The molecule has 3 nitrogen and oxygen atoms in total. The fraction of sp³-hybridized carbons (Fsp3) is 0.824. The van der Waals surface area contributed by atoms with Gasteiger partial charge in [-0.2, -0.15) is 0 Å². The normalized spacial score (nSPS) is 27.0. The van der Waals surface area contributed by atoms with Crippen LogP contribution in [0, 0.1) is 12.8 Å². The average molecular weight is 310 g/mol. The number of likely N-dealkylation sites (N-methyl/N-ethyl adjacent to an activating group) is 1. The number of hydrogen-bond acceptors (Lipinski definition) is 4. The second kappa shape index (κ2) is 7.70. The van der Waals surface area contributed by atoms with Crippen molar-refractivity contribution in [3.05, 3.63) is 16.1 Å². The first-order chi connectivity index (χ1) is 10.1. The summed E-state index contributed by atoms with van der Waals surface area (Å²) >= 11 is 1.74. The number of aryl methyl sites for hydroxylation is 1. The first-order valence-electron chi connectivity index (χ1n) is 8.42. The lowest BCUT2D eigenvalue weighted by Gasteiger charge is -2.40. The van der Waals surface area contributed by atoms with E-state index in [4.69, 9.17) is 5.73 Å². The topological polar surface area (TPSA) is 42.1 Å². The highest BCUT2D eigenvalue weighted by Crippen LogP contribution is 2.36. The zero-order valence-corrected chi connectivity index (χ0v) is 14.7. The van der Waals surface area contributed by atoms with E-state index < -0.39 is 0 Å². The third kappa shape index (κ3) is 4.27.